The largest absolute Gasteiger partial charge is 0.371 e. The number of carbonyl (C=O) groups is 1. The summed E-state index contributed by atoms with van der Waals surface area (Å²) in [5.41, 5.74) is 0. The number of rotatable bonds is 1. The van der Waals surface area contributed by atoms with Crippen molar-refractivity contribution in [1.29, 1.82) is 0 Å². The first kappa shape index (κ1) is 16.0. The third kappa shape index (κ3) is 17.6. The van der Waals surface area contributed by atoms with Gasteiger partial charge in [-0.15, -0.1) is 0 Å². The average molecular weight is 206 g/mol. The molecule has 0 radical (unpaired) electrons. The van der Waals surface area contributed by atoms with Gasteiger partial charge in [-0.2, -0.15) is 0 Å². The molecule has 0 saturated carbocycles. The van der Waals surface area contributed by atoms with Crippen LogP contribution in [-0.4, -0.2) is 35.0 Å². The summed E-state index contributed by atoms with van der Waals surface area (Å²) in [6.07, 6.45) is 2.75. The van der Waals surface area contributed by atoms with Crippen LogP contribution >= 0.6 is 0 Å². The summed E-state index contributed by atoms with van der Waals surface area (Å²) >= 11 is 0. The molecule has 1 aliphatic heterocycles. The van der Waals surface area contributed by atoms with E-state index in [0.717, 1.165) is 25.7 Å². The molecule has 0 spiro atoms. The molecule has 0 aromatic carbocycles. The molecule has 0 amide bonds. The molecular weight excluding hydrogens is 184 g/mol. The fourth-order valence-corrected chi connectivity index (χ4v) is 0.710. The summed E-state index contributed by atoms with van der Waals surface area (Å²) < 4.78 is 4.93. The van der Waals surface area contributed by atoms with Crippen LogP contribution in [0.1, 0.15) is 40.5 Å². The van der Waals surface area contributed by atoms with Gasteiger partial charge in [-0.1, -0.05) is 13.8 Å². The maximum absolute atomic E-state index is 9.88. The molecule has 86 valence electrons. The Morgan fingerprint density at radius 2 is 1.79 bits per heavy atom. The summed E-state index contributed by atoms with van der Waals surface area (Å²) in [5.74, 6) is -1.50. The zero-order chi connectivity index (χ0) is 11.6. The van der Waals surface area contributed by atoms with Crippen LogP contribution in [0, 0.1) is 0 Å². The minimum Gasteiger partial charge on any atom is -0.371 e. The van der Waals surface area contributed by atoms with Crippen LogP contribution in [0.2, 0.25) is 0 Å². The van der Waals surface area contributed by atoms with Gasteiger partial charge in [-0.05, 0) is 26.7 Å². The van der Waals surface area contributed by atoms with Gasteiger partial charge in [0.1, 0.15) is 12.4 Å². The second-order valence-corrected chi connectivity index (χ2v) is 3.18. The normalized spacial score (nSPS) is 20.0. The molecule has 0 aromatic rings. The number of aldehydes is 1. The van der Waals surface area contributed by atoms with Crippen molar-refractivity contribution in [3.8, 4) is 0 Å². The lowest BCUT2D eigenvalue weighted by Crippen LogP contribution is -2.15. The standard InChI is InChI=1S/C5H8O2.C3H8O2.C2H6/c6-4-5-2-1-3-7-5;1-3(2,4)5;1-2/h4-5H,1-3H2;4-5H,1-2H3;1-2H3. The molecule has 1 heterocycles. The second-order valence-electron chi connectivity index (χ2n) is 3.18. The van der Waals surface area contributed by atoms with Gasteiger partial charge in [-0.25, -0.2) is 0 Å². The molecule has 4 heteroatoms. The van der Waals surface area contributed by atoms with E-state index in [1.165, 1.54) is 13.8 Å². The maximum Gasteiger partial charge on any atom is 0.156 e. The highest BCUT2D eigenvalue weighted by Gasteiger charge is 2.12. The zero-order valence-electron chi connectivity index (χ0n) is 9.49. The number of carbonyl (C=O) groups excluding carboxylic acids is 1. The predicted molar refractivity (Wildman–Crippen MR) is 54.9 cm³/mol. The fourth-order valence-electron chi connectivity index (χ4n) is 0.710. The van der Waals surface area contributed by atoms with Crippen molar-refractivity contribution in [2.45, 2.75) is 52.4 Å². The van der Waals surface area contributed by atoms with E-state index in [1.807, 2.05) is 13.8 Å². The topological polar surface area (TPSA) is 66.8 Å². The van der Waals surface area contributed by atoms with Crippen LogP contribution in [-0.2, 0) is 9.53 Å². The highest BCUT2D eigenvalue weighted by molar-refractivity contribution is 5.56. The average Bonchev–Trinajstić information content (AvgIpc) is 2.56. The zero-order valence-corrected chi connectivity index (χ0v) is 9.49. The molecular formula is C10H22O4. The lowest BCUT2D eigenvalue weighted by Gasteiger charge is -2.03. The van der Waals surface area contributed by atoms with Crippen molar-refractivity contribution in [3.05, 3.63) is 0 Å². The minimum atomic E-state index is -1.50. The predicted octanol–water partition coefficient (Wildman–Crippen LogP) is 1.10. The summed E-state index contributed by atoms with van der Waals surface area (Å²) in [6.45, 7) is 7.36. The van der Waals surface area contributed by atoms with Crippen LogP contribution in [0.4, 0.5) is 0 Å². The first-order valence-corrected chi connectivity index (χ1v) is 4.95. The molecule has 1 unspecified atom stereocenters. The third-order valence-corrected chi connectivity index (χ3v) is 1.12. The van der Waals surface area contributed by atoms with Crippen molar-refractivity contribution >= 4 is 6.29 Å². The first-order valence-electron chi connectivity index (χ1n) is 4.95. The van der Waals surface area contributed by atoms with E-state index >= 15 is 0 Å². The van der Waals surface area contributed by atoms with Crippen molar-refractivity contribution < 1.29 is 19.7 Å². The van der Waals surface area contributed by atoms with E-state index in [1.54, 1.807) is 0 Å². The van der Waals surface area contributed by atoms with Gasteiger partial charge in [0.15, 0.2) is 5.79 Å². The molecule has 1 aliphatic rings. The maximum atomic E-state index is 9.88. The van der Waals surface area contributed by atoms with E-state index in [2.05, 4.69) is 0 Å². The minimum absolute atomic E-state index is 0.0833. The second kappa shape index (κ2) is 9.12. The van der Waals surface area contributed by atoms with Crippen molar-refractivity contribution in [1.82, 2.24) is 0 Å². The Bertz CT molecular complexity index is 117. The van der Waals surface area contributed by atoms with E-state index in [0.29, 0.717) is 0 Å². The Morgan fingerprint density at radius 3 is 1.93 bits per heavy atom. The van der Waals surface area contributed by atoms with Gasteiger partial charge in [-0.3, -0.25) is 0 Å². The van der Waals surface area contributed by atoms with E-state index in [4.69, 9.17) is 14.9 Å². The van der Waals surface area contributed by atoms with Crippen LogP contribution in [0.3, 0.4) is 0 Å². The summed E-state index contributed by atoms with van der Waals surface area (Å²) in [7, 11) is 0. The van der Waals surface area contributed by atoms with Crippen LogP contribution < -0.4 is 0 Å². The van der Waals surface area contributed by atoms with E-state index < -0.39 is 5.79 Å². The van der Waals surface area contributed by atoms with Crippen molar-refractivity contribution in [3.63, 3.8) is 0 Å². The Balaban J connectivity index is 0. The quantitative estimate of drug-likeness (QED) is 0.498. The fraction of sp³-hybridized carbons (Fsp3) is 0.900. The van der Waals surface area contributed by atoms with Crippen LogP contribution in [0.15, 0.2) is 0 Å². The van der Waals surface area contributed by atoms with Crippen LogP contribution in [0.25, 0.3) is 0 Å². The molecule has 0 aromatic heterocycles. The number of hydrogen-bond donors (Lipinski definition) is 2. The smallest absolute Gasteiger partial charge is 0.156 e. The van der Waals surface area contributed by atoms with Gasteiger partial charge < -0.3 is 19.7 Å². The molecule has 0 bridgehead atoms. The molecule has 0 aliphatic carbocycles. The highest BCUT2D eigenvalue weighted by atomic mass is 16.5. The number of aliphatic hydroxyl groups is 2. The van der Waals surface area contributed by atoms with Crippen molar-refractivity contribution in [2.24, 2.45) is 0 Å². The van der Waals surface area contributed by atoms with Gasteiger partial charge in [0.25, 0.3) is 0 Å². The van der Waals surface area contributed by atoms with Crippen LogP contribution in [0.5, 0.6) is 0 Å². The molecule has 14 heavy (non-hydrogen) atoms. The van der Waals surface area contributed by atoms with Gasteiger partial charge in [0.2, 0.25) is 0 Å². The van der Waals surface area contributed by atoms with Gasteiger partial charge >= 0.3 is 0 Å². The number of ether oxygens (including phenoxy) is 1. The molecule has 1 fully saturated rings. The Morgan fingerprint density at radius 1 is 1.36 bits per heavy atom. The molecule has 1 atom stereocenters. The highest BCUT2D eigenvalue weighted by Crippen LogP contribution is 2.08. The summed E-state index contributed by atoms with van der Waals surface area (Å²) in [6, 6.07) is 0. The Hall–Kier alpha value is -0.450. The lowest BCUT2D eigenvalue weighted by atomic mass is 10.3. The van der Waals surface area contributed by atoms with E-state index in [9.17, 15) is 4.79 Å². The number of hydrogen-bond acceptors (Lipinski definition) is 4. The molecule has 1 saturated heterocycles. The molecule has 1 rings (SSSR count). The summed E-state index contributed by atoms with van der Waals surface area (Å²) in [4.78, 5) is 9.88. The molecule has 2 N–H and O–H groups in total. The lowest BCUT2D eigenvalue weighted by molar-refractivity contribution is -0.127. The Labute approximate surface area is 85.9 Å². The monoisotopic (exact) mass is 206 g/mol. The van der Waals surface area contributed by atoms with E-state index in [-0.39, 0.29) is 6.10 Å². The van der Waals surface area contributed by atoms with Crippen molar-refractivity contribution in [2.75, 3.05) is 6.61 Å². The Kier molecular flexibility index (Phi) is 10.4. The molecule has 4 nitrogen and oxygen atoms in total. The first-order chi connectivity index (χ1) is 6.43. The summed E-state index contributed by atoms with van der Waals surface area (Å²) in [5, 5.41) is 16.2. The van der Waals surface area contributed by atoms with Gasteiger partial charge in [0.05, 0.1) is 0 Å². The third-order valence-electron chi connectivity index (χ3n) is 1.12. The SMILES string of the molecule is CC.CC(C)(O)O.O=CC1CCCO1. The van der Waals surface area contributed by atoms with Gasteiger partial charge in [0, 0.05) is 6.61 Å².